The minimum absolute atomic E-state index is 0.0445. The molecule has 0 saturated carbocycles. The summed E-state index contributed by atoms with van der Waals surface area (Å²) in [6.45, 7) is 3.42. The third-order valence-corrected chi connectivity index (χ3v) is 4.94. The Hall–Kier alpha value is -3.74. The van der Waals surface area contributed by atoms with E-state index in [2.05, 4.69) is 15.2 Å². The number of anilines is 1. The number of methoxy groups -OCH3 is 1. The molecule has 0 saturated heterocycles. The minimum atomic E-state index is -0.591. The van der Waals surface area contributed by atoms with Gasteiger partial charge in [-0.05, 0) is 31.5 Å². The molecule has 0 unspecified atom stereocenters. The maximum absolute atomic E-state index is 12.2. The number of hydrogen-bond acceptors (Lipinski definition) is 6. The van der Waals surface area contributed by atoms with Gasteiger partial charge < -0.3 is 15.5 Å². The Morgan fingerprint density at radius 2 is 1.93 bits per heavy atom. The van der Waals surface area contributed by atoms with Gasteiger partial charge in [0.1, 0.15) is 5.69 Å². The van der Waals surface area contributed by atoms with Crippen LogP contribution in [0.15, 0.2) is 36.4 Å². The molecule has 2 aromatic heterocycles. The van der Waals surface area contributed by atoms with Crippen molar-refractivity contribution < 1.29 is 14.3 Å². The van der Waals surface area contributed by atoms with E-state index in [9.17, 15) is 9.59 Å². The van der Waals surface area contributed by atoms with Gasteiger partial charge in [-0.15, -0.1) is 10.2 Å². The fourth-order valence-corrected chi connectivity index (χ4v) is 3.38. The zero-order chi connectivity index (χ0) is 20.0. The highest BCUT2D eigenvalue weighted by molar-refractivity contribution is 6.18. The third-order valence-electron chi connectivity index (χ3n) is 4.94. The van der Waals surface area contributed by atoms with Gasteiger partial charge in [0.2, 0.25) is 0 Å². The van der Waals surface area contributed by atoms with Gasteiger partial charge in [0.15, 0.2) is 11.5 Å². The normalized spacial score (nSPS) is 11.1. The van der Waals surface area contributed by atoms with Crippen molar-refractivity contribution in [2.45, 2.75) is 13.8 Å². The molecule has 0 aliphatic heterocycles. The molecule has 2 heterocycles. The summed E-state index contributed by atoms with van der Waals surface area (Å²) < 4.78 is 4.86. The highest BCUT2D eigenvalue weighted by atomic mass is 16.5. The number of benzene rings is 2. The van der Waals surface area contributed by atoms with Crippen molar-refractivity contribution in [3.63, 3.8) is 0 Å². The van der Waals surface area contributed by atoms with E-state index < -0.39 is 5.97 Å². The quantitative estimate of drug-likeness (QED) is 0.322. The molecular weight excluding hydrogens is 356 g/mol. The van der Waals surface area contributed by atoms with Crippen LogP contribution in [0.25, 0.3) is 33.1 Å². The number of ketones is 1. The molecule has 4 aromatic rings. The van der Waals surface area contributed by atoms with Crippen molar-refractivity contribution >= 4 is 39.2 Å². The third kappa shape index (κ3) is 2.60. The zero-order valence-electron chi connectivity index (χ0n) is 15.7. The smallest absolute Gasteiger partial charge is 0.360 e. The summed E-state index contributed by atoms with van der Waals surface area (Å²) in [5.74, 6) is -0.636. The summed E-state index contributed by atoms with van der Waals surface area (Å²) in [6, 6.07) is 10.9. The van der Waals surface area contributed by atoms with Crippen molar-refractivity contribution in [2.24, 2.45) is 0 Å². The fourth-order valence-electron chi connectivity index (χ4n) is 3.38. The summed E-state index contributed by atoms with van der Waals surface area (Å²) in [6.07, 6.45) is 0. The number of aromatic amines is 1. The lowest BCUT2D eigenvalue weighted by Gasteiger charge is -2.10. The summed E-state index contributed by atoms with van der Waals surface area (Å²) in [5, 5.41) is 10.0. The molecule has 140 valence electrons. The lowest BCUT2D eigenvalue weighted by molar-refractivity contribution is 0.0595. The number of carbonyl (C=O) groups is 2. The first-order valence-corrected chi connectivity index (χ1v) is 8.69. The number of ether oxygens (including phenoxy) is 1. The van der Waals surface area contributed by atoms with Gasteiger partial charge >= 0.3 is 5.97 Å². The van der Waals surface area contributed by atoms with E-state index >= 15 is 0 Å². The number of esters is 1. The number of carbonyl (C=O) groups excluding carboxylic acids is 2. The molecule has 7 nitrogen and oxygen atoms in total. The number of H-pyrrole nitrogens is 1. The van der Waals surface area contributed by atoms with E-state index in [1.165, 1.54) is 14.0 Å². The number of fused-ring (bicyclic) bond motifs is 3. The number of nitrogen functional groups attached to an aromatic ring is 1. The van der Waals surface area contributed by atoms with Crippen molar-refractivity contribution in [3.05, 3.63) is 53.2 Å². The molecule has 0 radical (unpaired) electrons. The molecule has 0 spiro atoms. The second kappa shape index (κ2) is 6.45. The predicted octanol–water partition coefficient (Wildman–Crippen LogP) is 3.66. The first kappa shape index (κ1) is 17.7. The van der Waals surface area contributed by atoms with Crippen LogP contribution in [0.5, 0.6) is 0 Å². The Bertz CT molecular complexity index is 1270. The standard InChI is InChI=1S/C21H18N4O3/c1-10-13(5-4-6-15(10)22)18-17-14-8-7-12(11(2)26)9-16(14)23-19(17)20(25-24-18)21(27)28-3/h4-9,23H,22H2,1-3H3. The number of hydrogen-bond donors (Lipinski definition) is 2. The van der Waals surface area contributed by atoms with Crippen LogP contribution in [-0.4, -0.2) is 34.0 Å². The molecule has 0 bridgehead atoms. The first-order chi connectivity index (χ1) is 13.4. The van der Waals surface area contributed by atoms with Gasteiger partial charge in [-0.2, -0.15) is 0 Å². The predicted molar refractivity (Wildman–Crippen MR) is 107 cm³/mol. The molecule has 2 aromatic carbocycles. The average molecular weight is 374 g/mol. The zero-order valence-corrected chi connectivity index (χ0v) is 15.7. The Balaban J connectivity index is 2.14. The van der Waals surface area contributed by atoms with Crippen LogP contribution in [0.2, 0.25) is 0 Å². The van der Waals surface area contributed by atoms with E-state index in [4.69, 9.17) is 10.5 Å². The summed E-state index contributed by atoms with van der Waals surface area (Å²) in [7, 11) is 1.29. The van der Waals surface area contributed by atoms with Gasteiger partial charge in [0.25, 0.3) is 0 Å². The Morgan fingerprint density at radius 1 is 1.14 bits per heavy atom. The SMILES string of the molecule is COC(=O)c1nnc(-c2cccc(N)c2C)c2c1[nH]c1cc(C(C)=O)ccc12. The molecule has 0 atom stereocenters. The van der Waals surface area contributed by atoms with Crippen LogP contribution in [-0.2, 0) is 4.74 Å². The summed E-state index contributed by atoms with van der Waals surface area (Å²) >= 11 is 0. The Kier molecular flexibility index (Phi) is 4.07. The topological polar surface area (TPSA) is 111 Å². The number of nitrogens with two attached hydrogens (primary N) is 1. The van der Waals surface area contributed by atoms with E-state index in [1.807, 2.05) is 31.2 Å². The molecule has 7 heteroatoms. The van der Waals surface area contributed by atoms with Crippen molar-refractivity contribution in [2.75, 3.05) is 12.8 Å². The average Bonchev–Trinajstić information content (AvgIpc) is 3.07. The Morgan fingerprint density at radius 3 is 2.64 bits per heavy atom. The van der Waals surface area contributed by atoms with Gasteiger partial charge in [0.05, 0.1) is 12.6 Å². The monoisotopic (exact) mass is 374 g/mol. The maximum atomic E-state index is 12.2. The lowest BCUT2D eigenvalue weighted by Crippen LogP contribution is -2.07. The van der Waals surface area contributed by atoms with E-state index in [-0.39, 0.29) is 11.5 Å². The summed E-state index contributed by atoms with van der Waals surface area (Å²) in [5.41, 5.74) is 10.9. The summed E-state index contributed by atoms with van der Waals surface area (Å²) in [4.78, 5) is 27.2. The molecule has 0 aliphatic carbocycles. The first-order valence-electron chi connectivity index (χ1n) is 8.69. The number of Topliss-reactive ketones (excluding diaryl/α,β-unsaturated/α-hetero) is 1. The van der Waals surface area contributed by atoms with Crippen LogP contribution in [0.4, 0.5) is 5.69 Å². The van der Waals surface area contributed by atoms with E-state index in [1.54, 1.807) is 12.1 Å². The molecule has 0 aliphatic rings. The number of rotatable bonds is 3. The minimum Gasteiger partial charge on any atom is -0.464 e. The number of aromatic nitrogens is 3. The highest BCUT2D eigenvalue weighted by Crippen LogP contribution is 2.36. The highest BCUT2D eigenvalue weighted by Gasteiger charge is 2.22. The lowest BCUT2D eigenvalue weighted by atomic mass is 9.99. The largest absolute Gasteiger partial charge is 0.464 e. The van der Waals surface area contributed by atoms with Crippen molar-refractivity contribution in [1.82, 2.24) is 15.2 Å². The Labute approximate surface area is 160 Å². The molecule has 28 heavy (non-hydrogen) atoms. The second-order valence-electron chi connectivity index (χ2n) is 6.60. The van der Waals surface area contributed by atoms with E-state index in [0.717, 1.165) is 21.9 Å². The van der Waals surface area contributed by atoms with Crippen LogP contribution in [0, 0.1) is 6.92 Å². The van der Waals surface area contributed by atoms with Crippen LogP contribution in [0.1, 0.15) is 33.3 Å². The van der Waals surface area contributed by atoms with Crippen LogP contribution >= 0.6 is 0 Å². The van der Waals surface area contributed by atoms with Gasteiger partial charge in [-0.1, -0.05) is 24.3 Å². The number of nitrogens with one attached hydrogen (secondary N) is 1. The van der Waals surface area contributed by atoms with Gasteiger partial charge in [-0.25, -0.2) is 4.79 Å². The molecule has 4 rings (SSSR count). The van der Waals surface area contributed by atoms with E-state index in [0.29, 0.717) is 28.0 Å². The molecular formula is C21H18N4O3. The maximum Gasteiger partial charge on any atom is 0.360 e. The van der Waals surface area contributed by atoms with Crippen LogP contribution < -0.4 is 5.73 Å². The number of nitrogens with zero attached hydrogens (tertiary/aromatic N) is 2. The molecule has 3 N–H and O–H groups in total. The van der Waals surface area contributed by atoms with Gasteiger partial charge in [-0.3, -0.25) is 4.79 Å². The molecule has 0 amide bonds. The van der Waals surface area contributed by atoms with Crippen molar-refractivity contribution in [1.29, 1.82) is 0 Å². The fraction of sp³-hybridized carbons (Fsp3) is 0.143. The van der Waals surface area contributed by atoms with Crippen LogP contribution in [0.3, 0.4) is 0 Å². The second-order valence-corrected chi connectivity index (χ2v) is 6.60. The van der Waals surface area contributed by atoms with Gasteiger partial charge in [0, 0.05) is 33.1 Å². The van der Waals surface area contributed by atoms with Crippen molar-refractivity contribution in [3.8, 4) is 11.3 Å². The molecule has 0 fully saturated rings.